The maximum atomic E-state index is 12.3. The van der Waals surface area contributed by atoms with E-state index in [-0.39, 0.29) is 6.26 Å². The first-order valence-corrected chi connectivity index (χ1v) is 5.50. The monoisotopic (exact) mass is 302 g/mol. The second-order valence-corrected chi connectivity index (χ2v) is 3.85. The summed E-state index contributed by atoms with van der Waals surface area (Å²) in [5, 5.41) is 0. The zero-order valence-corrected chi connectivity index (χ0v) is 9.40. The lowest BCUT2D eigenvalue weighted by Crippen LogP contribution is -2.36. The third kappa shape index (κ3) is 8.31. The predicted molar refractivity (Wildman–Crippen MR) is 47.2 cm³/mol. The van der Waals surface area contributed by atoms with Gasteiger partial charge in [-0.3, -0.25) is 0 Å². The fraction of sp³-hybridized carbons (Fsp3) is 0.714. The van der Waals surface area contributed by atoms with E-state index in [0.717, 1.165) is 0 Å². The van der Waals surface area contributed by atoms with Crippen LogP contribution < -0.4 is 0 Å². The lowest BCUT2D eigenvalue weighted by molar-refractivity contribution is -0.228. The molecule has 0 aliphatic heterocycles. The molecule has 0 rings (SSSR count). The molecule has 0 spiro atoms. The van der Waals surface area contributed by atoms with E-state index in [1.165, 1.54) is 0 Å². The molecule has 4 nitrogen and oxygen atoms in total. The zero-order valence-electron chi connectivity index (χ0n) is 8.59. The van der Waals surface area contributed by atoms with Gasteiger partial charge in [-0.2, -0.15) is 22.0 Å². The van der Waals surface area contributed by atoms with Crippen LogP contribution in [0.25, 0.3) is 0 Å². The zero-order chi connectivity index (χ0) is 14.2. The van der Waals surface area contributed by atoms with E-state index in [4.69, 9.17) is 0 Å². The van der Waals surface area contributed by atoms with E-state index < -0.39 is 48.4 Å². The third-order valence-corrected chi connectivity index (χ3v) is 2.06. The van der Waals surface area contributed by atoms with Gasteiger partial charge in [-0.25, -0.2) is 4.21 Å². The Hall–Kier alpha value is -0.810. The van der Waals surface area contributed by atoms with E-state index in [9.17, 15) is 30.7 Å². The molecule has 0 aliphatic carbocycles. The molecule has 108 valence electrons. The average molecular weight is 302 g/mol. The van der Waals surface area contributed by atoms with Crippen LogP contribution in [0.15, 0.2) is 12.3 Å². The van der Waals surface area contributed by atoms with Crippen molar-refractivity contribution in [1.82, 2.24) is 0 Å². The van der Waals surface area contributed by atoms with Gasteiger partial charge in [0, 0.05) is 0 Å². The summed E-state index contributed by atoms with van der Waals surface area (Å²) < 4.78 is 92.3. The Morgan fingerprint density at radius 1 is 1.33 bits per heavy atom. The molecule has 0 aromatic heterocycles. The standard InChI is InChI=1S/C7H8F6O4S/c8-6(9)4-15-3-5(7(10,11)12)16-1-2-18(14)17-13/h4-5H,1-3H2. The first kappa shape index (κ1) is 17.2. The second-order valence-electron chi connectivity index (χ2n) is 2.71. The van der Waals surface area contributed by atoms with Crippen LogP contribution in [0, 0.1) is 0 Å². The van der Waals surface area contributed by atoms with E-state index in [1.807, 2.05) is 0 Å². The molecule has 0 heterocycles. The molecule has 2 atom stereocenters. The highest BCUT2D eigenvalue weighted by atomic mass is 32.2. The molecule has 0 aliphatic rings. The summed E-state index contributed by atoms with van der Waals surface area (Å²) in [5.41, 5.74) is 0. The maximum Gasteiger partial charge on any atom is 0.417 e. The Labute approximate surface area is 100 Å². The van der Waals surface area contributed by atoms with Gasteiger partial charge in [0.15, 0.2) is 17.2 Å². The lowest BCUT2D eigenvalue weighted by Gasteiger charge is -2.19. The summed E-state index contributed by atoms with van der Waals surface area (Å²) in [6, 6.07) is 0. The first-order chi connectivity index (χ1) is 8.27. The highest BCUT2D eigenvalue weighted by molar-refractivity contribution is 7.80. The Morgan fingerprint density at radius 2 is 1.94 bits per heavy atom. The quantitative estimate of drug-likeness (QED) is 0.509. The molecule has 0 fully saturated rings. The van der Waals surface area contributed by atoms with Crippen molar-refractivity contribution in [1.29, 1.82) is 0 Å². The predicted octanol–water partition coefficient (Wildman–Crippen LogP) is 2.25. The molecule has 11 heteroatoms. The molecule has 0 amide bonds. The summed E-state index contributed by atoms with van der Waals surface area (Å²) in [6.07, 6.45) is -9.82. The molecule has 2 unspecified atom stereocenters. The van der Waals surface area contributed by atoms with E-state index in [0.29, 0.717) is 0 Å². The van der Waals surface area contributed by atoms with Gasteiger partial charge in [0.05, 0.1) is 12.4 Å². The Kier molecular flexibility index (Phi) is 7.95. The number of hydrogen-bond acceptors (Lipinski definition) is 4. The third-order valence-electron chi connectivity index (χ3n) is 1.42. The molecule has 0 bridgehead atoms. The lowest BCUT2D eigenvalue weighted by atomic mass is 10.4. The van der Waals surface area contributed by atoms with Crippen molar-refractivity contribution >= 4 is 11.1 Å². The van der Waals surface area contributed by atoms with Gasteiger partial charge >= 0.3 is 12.3 Å². The van der Waals surface area contributed by atoms with Crippen LogP contribution in [0.3, 0.4) is 0 Å². The van der Waals surface area contributed by atoms with Crippen molar-refractivity contribution in [3.05, 3.63) is 12.3 Å². The molecule has 18 heavy (non-hydrogen) atoms. The van der Waals surface area contributed by atoms with Crippen LogP contribution in [-0.2, 0) is 24.9 Å². The number of halogens is 6. The van der Waals surface area contributed by atoms with Crippen molar-refractivity contribution in [2.45, 2.75) is 12.3 Å². The maximum absolute atomic E-state index is 12.3. The van der Waals surface area contributed by atoms with Gasteiger partial charge in [-0.1, -0.05) is 4.39 Å². The van der Waals surface area contributed by atoms with Gasteiger partial charge in [-0.15, -0.1) is 0 Å². The Morgan fingerprint density at radius 3 is 2.39 bits per heavy atom. The topological polar surface area (TPSA) is 44.8 Å². The SMILES string of the molecule is O=S(CCOC(COC=C(F)F)C(F)(F)F)OF. The minimum atomic E-state index is -4.86. The summed E-state index contributed by atoms with van der Waals surface area (Å²) in [6.45, 7) is -1.95. The minimum absolute atomic E-state index is 0.162. The van der Waals surface area contributed by atoms with Crippen molar-refractivity contribution in [3.63, 3.8) is 0 Å². The average Bonchev–Trinajstić information content (AvgIpc) is 2.24. The molecule has 0 aromatic rings. The summed E-state index contributed by atoms with van der Waals surface area (Å²) in [4.78, 5) is 0. The summed E-state index contributed by atoms with van der Waals surface area (Å²) >= 11 is -2.42. The van der Waals surface area contributed by atoms with Crippen LogP contribution in [0.1, 0.15) is 0 Å². The van der Waals surface area contributed by atoms with Crippen LogP contribution in [0.5, 0.6) is 0 Å². The smallest absolute Gasteiger partial charge is 0.417 e. The number of hydrogen-bond donors (Lipinski definition) is 0. The second kappa shape index (κ2) is 8.32. The molecular weight excluding hydrogens is 294 g/mol. The first-order valence-electron chi connectivity index (χ1n) is 4.26. The normalized spacial score (nSPS) is 15.0. The molecule has 0 saturated carbocycles. The fourth-order valence-electron chi connectivity index (χ4n) is 0.726. The van der Waals surface area contributed by atoms with Crippen LogP contribution >= 0.6 is 0 Å². The Bertz CT molecular complexity index is 290. The highest BCUT2D eigenvalue weighted by Gasteiger charge is 2.41. The molecule has 0 N–H and O–H groups in total. The van der Waals surface area contributed by atoms with E-state index in [1.54, 1.807) is 0 Å². The van der Waals surface area contributed by atoms with Gasteiger partial charge in [0.2, 0.25) is 0 Å². The number of ether oxygens (including phenoxy) is 2. The van der Waals surface area contributed by atoms with Gasteiger partial charge in [0.1, 0.15) is 12.9 Å². The largest absolute Gasteiger partial charge is 0.493 e. The van der Waals surface area contributed by atoms with Crippen molar-refractivity contribution in [2.24, 2.45) is 0 Å². The van der Waals surface area contributed by atoms with Crippen molar-refractivity contribution < 1.29 is 44.5 Å². The molecule has 0 aromatic carbocycles. The number of rotatable bonds is 8. The summed E-state index contributed by atoms with van der Waals surface area (Å²) in [5.74, 6) is -0.642. The Balaban J connectivity index is 4.17. The van der Waals surface area contributed by atoms with Crippen LogP contribution in [-0.4, -0.2) is 35.5 Å². The van der Waals surface area contributed by atoms with Crippen molar-refractivity contribution in [3.8, 4) is 0 Å². The van der Waals surface area contributed by atoms with Gasteiger partial charge in [-0.05, 0) is 4.53 Å². The summed E-state index contributed by atoms with van der Waals surface area (Å²) in [7, 11) is 0. The highest BCUT2D eigenvalue weighted by Crippen LogP contribution is 2.23. The molecular formula is C7H8F6O4S. The molecule has 0 radical (unpaired) electrons. The van der Waals surface area contributed by atoms with E-state index in [2.05, 4.69) is 13.9 Å². The van der Waals surface area contributed by atoms with Crippen LogP contribution in [0.4, 0.5) is 26.5 Å². The van der Waals surface area contributed by atoms with Crippen molar-refractivity contribution in [2.75, 3.05) is 19.0 Å². The molecule has 0 saturated heterocycles. The fourth-order valence-corrected chi connectivity index (χ4v) is 1.02. The van der Waals surface area contributed by atoms with Gasteiger partial charge in [0.25, 0.3) is 0 Å². The number of alkyl halides is 3. The van der Waals surface area contributed by atoms with Crippen LogP contribution in [0.2, 0.25) is 0 Å². The minimum Gasteiger partial charge on any atom is -0.493 e. The van der Waals surface area contributed by atoms with Gasteiger partial charge < -0.3 is 9.47 Å². The van der Waals surface area contributed by atoms with E-state index >= 15 is 0 Å².